The first kappa shape index (κ1) is 9.93. The molecule has 0 aliphatic carbocycles. The fourth-order valence-electron chi connectivity index (χ4n) is 0.963. The summed E-state index contributed by atoms with van der Waals surface area (Å²) in [4.78, 5) is 3.88. The summed E-state index contributed by atoms with van der Waals surface area (Å²) in [5.41, 5.74) is 5.99. The third kappa shape index (κ3) is 2.39. The molecule has 0 amide bonds. The standard InChI is InChI=1S/C8H12N4S/c1-2-13-4-3-12-6-11-7(5-9)8(12)10/h6H,2-4,10H2,1H3. The summed E-state index contributed by atoms with van der Waals surface area (Å²) in [5.74, 6) is 2.57. The quantitative estimate of drug-likeness (QED) is 0.732. The van der Waals surface area contributed by atoms with Crippen LogP contribution in [0.3, 0.4) is 0 Å². The smallest absolute Gasteiger partial charge is 0.182 e. The first-order valence-electron chi connectivity index (χ1n) is 4.08. The Morgan fingerprint density at radius 1 is 1.77 bits per heavy atom. The molecule has 0 aliphatic rings. The third-order valence-corrected chi connectivity index (χ3v) is 2.54. The summed E-state index contributed by atoms with van der Waals surface area (Å²) < 4.78 is 1.81. The van der Waals surface area contributed by atoms with Gasteiger partial charge >= 0.3 is 0 Å². The van der Waals surface area contributed by atoms with E-state index < -0.39 is 0 Å². The number of imidazole rings is 1. The van der Waals surface area contributed by atoms with Crippen molar-refractivity contribution in [3.05, 3.63) is 12.0 Å². The summed E-state index contributed by atoms with van der Waals surface area (Å²) in [7, 11) is 0. The van der Waals surface area contributed by atoms with Crippen LogP contribution in [0.4, 0.5) is 5.82 Å². The lowest BCUT2D eigenvalue weighted by Gasteiger charge is -2.02. The van der Waals surface area contributed by atoms with E-state index in [1.54, 1.807) is 10.9 Å². The number of nitrogen functional groups attached to an aromatic ring is 1. The van der Waals surface area contributed by atoms with E-state index in [1.807, 2.05) is 17.8 Å². The number of rotatable bonds is 4. The number of thioether (sulfide) groups is 1. The Labute approximate surface area is 81.8 Å². The van der Waals surface area contributed by atoms with Gasteiger partial charge in [-0.3, -0.25) is 0 Å². The van der Waals surface area contributed by atoms with E-state index in [9.17, 15) is 0 Å². The van der Waals surface area contributed by atoms with Gasteiger partial charge < -0.3 is 10.3 Å². The fourth-order valence-corrected chi connectivity index (χ4v) is 1.58. The van der Waals surface area contributed by atoms with Gasteiger partial charge in [0.1, 0.15) is 11.9 Å². The van der Waals surface area contributed by atoms with Gasteiger partial charge in [-0.1, -0.05) is 6.92 Å². The van der Waals surface area contributed by atoms with Gasteiger partial charge in [-0.15, -0.1) is 0 Å². The lowest BCUT2D eigenvalue weighted by atomic mass is 10.5. The minimum absolute atomic E-state index is 0.321. The summed E-state index contributed by atoms with van der Waals surface area (Å²) in [6, 6.07) is 1.94. The average molecular weight is 196 g/mol. The molecule has 0 saturated carbocycles. The largest absolute Gasteiger partial charge is 0.383 e. The number of hydrogen-bond donors (Lipinski definition) is 1. The van der Waals surface area contributed by atoms with Gasteiger partial charge in [-0.25, -0.2) is 4.98 Å². The highest BCUT2D eigenvalue weighted by Crippen LogP contribution is 2.09. The highest BCUT2D eigenvalue weighted by Gasteiger charge is 2.04. The van der Waals surface area contributed by atoms with Crippen LogP contribution in [0, 0.1) is 11.3 Å². The number of nitrogens with zero attached hydrogens (tertiary/aromatic N) is 3. The van der Waals surface area contributed by atoms with Crippen molar-refractivity contribution in [3.8, 4) is 6.07 Å². The zero-order valence-electron chi connectivity index (χ0n) is 7.53. The van der Waals surface area contributed by atoms with Crippen molar-refractivity contribution in [1.29, 1.82) is 5.26 Å². The Balaban J connectivity index is 2.58. The van der Waals surface area contributed by atoms with Gasteiger partial charge in [-0.05, 0) is 5.75 Å². The van der Waals surface area contributed by atoms with Crippen molar-refractivity contribution in [1.82, 2.24) is 9.55 Å². The molecule has 0 unspecified atom stereocenters. The Kier molecular flexibility index (Phi) is 3.65. The molecule has 0 radical (unpaired) electrons. The molecule has 13 heavy (non-hydrogen) atoms. The van der Waals surface area contributed by atoms with E-state index in [-0.39, 0.29) is 0 Å². The van der Waals surface area contributed by atoms with Crippen LogP contribution >= 0.6 is 11.8 Å². The Morgan fingerprint density at radius 3 is 3.08 bits per heavy atom. The minimum Gasteiger partial charge on any atom is -0.383 e. The van der Waals surface area contributed by atoms with Crippen LogP contribution < -0.4 is 5.73 Å². The van der Waals surface area contributed by atoms with Crippen LogP contribution in [0.25, 0.3) is 0 Å². The van der Waals surface area contributed by atoms with Crippen molar-refractivity contribution in [2.24, 2.45) is 0 Å². The maximum Gasteiger partial charge on any atom is 0.182 e. The second-order valence-corrected chi connectivity index (χ2v) is 3.87. The van der Waals surface area contributed by atoms with E-state index in [2.05, 4.69) is 11.9 Å². The molecule has 1 heterocycles. The molecule has 2 N–H and O–H groups in total. The lowest BCUT2D eigenvalue weighted by Crippen LogP contribution is -2.04. The van der Waals surface area contributed by atoms with Crippen LogP contribution in [0.2, 0.25) is 0 Å². The van der Waals surface area contributed by atoms with E-state index in [1.165, 1.54) is 0 Å². The van der Waals surface area contributed by atoms with Crippen LogP contribution in [0.1, 0.15) is 12.6 Å². The molecule has 0 bridgehead atoms. The van der Waals surface area contributed by atoms with Crippen molar-refractivity contribution in [3.63, 3.8) is 0 Å². The van der Waals surface area contributed by atoms with Gasteiger partial charge in [0.05, 0.1) is 6.33 Å². The second-order valence-electron chi connectivity index (χ2n) is 2.48. The van der Waals surface area contributed by atoms with Crippen LogP contribution in [0.5, 0.6) is 0 Å². The van der Waals surface area contributed by atoms with E-state index in [0.717, 1.165) is 18.1 Å². The number of hydrogen-bond acceptors (Lipinski definition) is 4. The molecular formula is C8H12N4S. The number of nitriles is 1. The number of aromatic nitrogens is 2. The second kappa shape index (κ2) is 4.77. The fraction of sp³-hybridized carbons (Fsp3) is 0.500. The van der Waals surface area contributed by atoms with Crippen molar-refractivity contribution >= 4 is 17.6 Å². The number of aryl methyl sites for hydroxylation is 1. The summed E-state index contributed by atoms with van der Waals surface area (Å²) in [6.45, 7) is 2.93. The molecular weight excluding hydrogens is 184 g/mol. The topological polar surface area (TPSA) is 67.6 Å². The van der Waals surface area contributed by atoms with E-state index in [4.69, 9.17) is 11.0 Å². The third-order valence-electron chi connectivity index (χ3n) is 1.66. The molecule has 70 valence electrons. The molecule has 1 rings (SSSR count). The lowest BCUT2D eigenvalue weighted by molar-refractivity contribution is 0.780. The molecule has 0 aliphatic heterocycles. The van der Waals surface area contributed by atoms with Crippen molar-refractivity contribution in [2.45, 2.75) is 13.5 Å². The van der Waals surface area contributed by atoms with E-state index >= 15 is 0 Å². The van der Waals surface area contributed by atoms with Crippen LogP contribution in [-0.2, 0) is 6.54 Å². The SMILES string of the molecule is CCSCCn1cnc(C#N)c1N. The molecule has 0 atom stereocenters. The Bertz CT molecular complexity index is 312. The zero-order valence-corrected chi connectivity index (χ0v) is 8.34. The summed E-state index contributed by atoms with van der Waals surface area (Å²) in [6.07, 6.45) is 1.62. The van der Waals surface area contributed by atoms with Gasteiger partial charge in [0.25, 0.3) is 0 Å². The summed E-state index contributed by atoms with van der Waals surface area (Å²) in [5, 5.41) is 8.59. The Hall–Kier alpha value is -1.15. The summed E-state index contributed by atoms with van der Waals surface area (Å²) >= 11 is 1.84. The predicted molar refractivity (Wildman–Crippen MR) is 54.4 cm³/mol. The molecule has 1 aromatic rings. The average Bonchev–Trinajstić information content (AvgIpc) is 2.48. The van der Waals surface area contributed by atoms with Crippen molar-refractivity contribution < 1.29 is 0 Å². The number of nitrogens with two attached hydrogens (primary N) is 1. The van der Waals surface area contributed by atoms with Crippen LogP contribution in [0.15, 0.2) is 6.33 Å². The molecule has 0 aromatic carbocycles. The highest BCUT2D eigenvalue weighted by molar-refractivity contribution is 7.99. The molecule has 5 heteroatoms. The molecule has 0 spiro atoms. The maximum absolute atomic E-state index is 8.59. The first-order valence-corrected chi connectivity index (χ1v) is 5.23. The van der Waals surface area contributed by atoms with Crippen LogP contribution in [-0.4, -0.2) is 21.1 Å². The maximum atomic E-state index is 8.59. The van der Waals surface area contributed by atoms with Gasteiger partial charge in [0.2, 0.25) is 0 Å². The normalized spacial score (nSPS) is 9.85. The van der Waals surface area contributed by atoms with Gasteiger partial charge in [0.15, 0.2) is 5.69 Å². The predicted octanol–water partition coefficient (Wildman–Crippen LogP) is 1.09. The van der Waals surface area contributed by atoms with E-state index in [0.29, 0.717) is 11.5 Å². The molecule has 0 saturated heterocycles. The Morgan fingerprint density at radius 2 is 2.54 bits per heavy atom. The molecule has 0 fully saturated rings. The first-order chi connectivity index (χ1) is 6.29. The van der Waals surface area contributed by atoms with Gasteiger partial charge in [-0.2, -0.15) is 17.0 Å². The zero-order chi connectivity index (χ0) is 9.68. The number of anilines is 1. The highest BCUT2D eigenvalue weighted by atomic mass is 32.2. The molecule has 1 aromatic heterocycles. The monoisotopic (exact) mass is 196 g/mol. The minimum atomic E-state index is 0.321. The van der Waals surface area contributed by atoms with Crippen molar-refractivity contribution in [2.75, 3.05) is 17.2 Å². The molecule has 4 nitrogen and oxygen atoms in total. The van der Waals surface area contributed by atoms with Gasteiger partial charge in [0, 0.05) is 12.3 Å².